The van der Waals surface area contributed by atoms with E-state index in [-0.39, 0.29) is 30.2 Å². The zero-order valence-corrected chi connectivity index (χ0v) is 14.0. The number of ether oxygens (including phenoxy) is 1. The maximum absolute atomic E-state index is 10.6. The summed E-state index contributed by atoms with van der Waals surface area (Å²) in [4.78, 5) is 21.2. The highest BCUT2D eigenvalue weighted by molar-refractivity contribution is 6.29. The molecule has 1 aromatic carbocycles. The zero-order valence-electron chi connectivity index (χ0n) is 13.3. The van der Waals surface area contributed by atoms with Crippen LogP contribution in [0.3, 0.4) is 0 Å². The van der Waals surface area contributed by atoms with E-state index in [0.717, 1.165) is 18.5 Å². The smallest absolute Gasteiger partial charge is 0.319 e. The molecule has 1 aromatic heterocycles. The average Bonchev–Trinajstić information content (AvgIpc) is 2.54. The minimum Gasteiger partial charge on any atom is -0.481 e. The Kier molecular flexibility index (Phi) is 4.85. The third kappa shape index (κ3) is 3.59. The van der Waals surface area contributed by atoms with Gasteiger partial charge in [-0.2, -0.15) is 9.97 Å². The van der Waals surface area contributed by atoms with Gasteiger partial charge < -0.3 is 14.7 Å². The lowest BCUT2D eigenvalue weighted by Gasteiger charge is -2.36. The molecule has 1 unspecified atom stereocenters. The standard InChI is InChI=1S/C17H18ClN3O3/c1-11-6-7-12-4-2-3-5-13(12)21(11)15-10-14(18)19-17(20-15)24-9-8-16(22)23/h2-5,10-11H,6-9H2,1H3,(H,22,23). The van der Waals surface area contributed by atoms with Crippen LogP contribution in [-0.4, -0.2) is 33.7 Å². The molecule has 2 heterocycles. The SMILES string of the molecule is CC1CCc2ccccc2N1c1cc(Cl)nc(OCCC(=O)O)n1. The van der Waals surface area contributed by atoms with E-state index < -0.39 is 5.97 Å². The number of benzene rings is 1. The Morgan fingerprint density at radius 3 is 3.00 bits per heavy atom. The van der Waals surface area contributed by atoms with Crippen molar-refractivity contribution in [2.24, 2.45) is 0 Å². The van der Waals surface area contributed by atoms with Gasteiger partial charge >= 0.3 is 12.0 Å². The van der Waals surface area contributed by atoms with Crippen molar-refractivity contribution in [2.75, 3.05) is 11.5 Å². The van der Waals surface area contributed by atoms with E-state index in [4.69, 9.17) is 21.4 Å². The number of carboxylic acids is 1. The van der Waals surface area contributed by atoms with Gasteiger partial charge in [-0.05, 0) is 31.4 Å². The van der Waals surface area contributed by atoms with Crippen molar-refractivity contribution in [3.8, 4) is 6.01 Å². The van der Waals surface area contributed by atoms with Crippen LogP contribution < -0.4 is 9.64 Å². The maximum atomic E-state index is 10.6. The predicted molar refractivity (Wildman–Crippen MR) is 91.2 cm³/mol. The van der Waals surface area contributed by atoms with E-state index in [9.17, 15) is 4.79 Å². The number of rotatable bonds is 5. The first-order valence-electron chi connectivity index (χ1n) is 7.81. The van der Waals surface area contributed by atoms with Crippen LogP contribution in [0.2, 0.25) is 5.15 Å². The lowest BCUT2D eigenvalue weighted by Crippen LogP contribution is -2.33. The van der Waals surface area contributed by atoms with Crippen LogP contribution in [0.25, 0.3) is 0 Å². The third-order valence-electron chi connectivity index (χ3n) is 3.98. The monoisotopic (exact) mass is 347 g/mol. The molecule has 1 N–H and O–H groups in total. The maximum Gasteiger partial charge on any atom is 0.319 e. The number of fused-ring (bicyclic) bond motifs is 1. The van der Waals surface area contributed by atoms with Crippen LogP contribution >= 0.6 is 11.6 Å². The number of aromatic nitrogens is 2. The number of anilines is 2. The van der Waals surface area contributed by atoms with E-state index in [0.29, 0.717) is 5.82 Å². The number of hydrogen-bond acceptors (Lipinski definition) is 5. The highest BCUT2D eigenvalue weighted by atomic mass is 35.5. The molecule has 1 aliphatic rings. The Bertz CT molecular complexity index is 754. The van der Waals surface area contributed by atoms with Crippen molar-refractivity contribution >= 4 is 29.1 Å². The van der Waals surface area contributed by atoms with Gasteiger partial charge in [-0.3, -0.25) is 4.79 Å². The molecule has 7 heteroatoms. The van der Waals surface area contributed by atoms with E-state index in [1.54, 1.807) is 6.07 Å². The van der Waals surface area contributed by atoms with Gasteiger partial charge in [0.25, 0.3) is 0 Å². The number of carbonyl (C=O) groups is 1. The molecule has 6 nitrogen and oxygen atoms in total. The molecule has 126 valence electrons. The summed E-state index contributed by atoms with van der Waals surface area (Å²) in [6.45, 7) is 2.14. The highest BCUT2D eigenvalue weighted by Crippen LogP contribution is 2.36. The lowest BCUT2D eigenvalue weighted by molar-refractivity contribution is -0.137. The van der Waals surface area contributed by atoms with Crippen LogP contribution in [0, 0.1) is 0 Å². The van der Waals surface area contributed by atoms with E-state index in [1.807, 2.05) is 12.1 Å². The van der Waals surface area contributed by atoms with Gasteiger partial charge in [-0.15, -0.1) is 0 Å². The van der Waals surface area contributed by atoms with Crippen molar-refractivity contribution in [1.29, 1.82) is 0 Å². The molecule has 0 radical (unpaired) electrons. The Morgan fingerprint density at radius 2 is 2.21 bits per heavy atom. The predicted octanol–water partition coefficient (Wildman–Crippen LogP) is 3.46. The fraction of sp³-hybridized carbons (Fsp3) is 0.353. The molecule has 2 aromatic rings. The first-order valence-corrected chi connectivity index (χ1v) is 8.18. The molecule has 0 saturated heterocycles. The number of carboxylic acid groups (broad SMARTS) is 1. The molecular formula is C17H18ClN3O3. The normalized spacial score (nSPS) is 16.6. The summed E-state index contributed by atoms with van der Waals surface area (Å²) in [5, 5.41) is 8.96. The van der Waals surface area contributed by atoms with E-state index >= 15 is 0 Å². The van der Waals surface area contributed by atoms with Gasteiger partial charge in [0.05, 0.1) is 6.42 Å². The van der Waals surface area contributed by atoms with Crippen LogP contribution in [-0.2, 0) is 11.2 Å². The van der Waals surface area contributed by atoms with Gasteiger partial charge in [0.2, 0.25) is 0 Å². The first kappa shape index (κ1) is 16.5. The van der Waals surface area contributed by atoms with E-state index in [2.05, 4.69) is 33.9 Å². The largest absolute Gasteiger partial charge is 0.481 e. The number of aryl methyl sites for hydroxylation is 1. The molecule has 24 heavy (non-hydrogen) atoms. The summed E-state index contributed by atoms with van der Waals surface area (Å²) in [6, 6.07) is 10.3. The summed E-state index contributed by atoms with van der Waals surface area (Å²) >= 11 is 6.11. The Labute approximate surface area is 145 Å². The summed E-state index contributed by atoms with van der Waals surface area (Å²) in [6.07, 6.45) is 1.91. The van der Waals surface area contributed by atoms with E-state index in [1.165, 1.54) is 5.56 Å². The molecule has 0 bridgehead atoms. The Hall–Kier alpha value is -2.34. The molecule has 0 amide bonds. The second kappa shape index (κ2) is 7.05. The van der Waals surface area contributed by atoms with Gasteiger partial charge in [-0.1, -0.05) is 29.8 Å². The van der Waals surface area contributed by atoms with Crippen LogP contribution in [0.15, 0.2) is 30.3 Å². The number of nitrogens with zero attached hydrogens (tertiary/aromatic N) is 3. The lowest BCUT2D eigenvalue weighted by atomic mass is 9.97. The van der Waals surface area contributed by atoms with Gasteiger partial charge in [-0.25, -0.2) is 0 Å². The Balaban J connectivity index is 1.91. The zero-order chi connectivity index (χ0) is 17.1. The molecule has 0 saturated carbocycles. The molecule has 1 aliphatic heterocycles. The Morgan fingerprint density at radius 1 is 1.42 bits per heavy atom. The number of hydrogen-bond donors (Lipinski definition) is 1. The molecule has 0 spiro atoms. The number of para-hydroxylation sites is 1. The first-order chi connectivity index (χ1) is 11.5. The minimum atomic E-state index is -0.934. The van der Waals surface area contributed by atoms with Crippen LogP contribution in [0.5, 0.6) is 6.01 Å². The summed E-state index contributed by atoms with van der Waals surface area (Å²) < 4.78 is 5.34. The fourth-order valence-corrected chi connectivity index (χ4v) is 3.01. The molecule has 3 rings (SSSR count). The van der Waals surface area contributed by atoms with Crippen LogP contribution in [0.1, 0.15) is 25.3 Å². The van der Waals surface area contributed by atoms with Crippen molar-refractivity contribution in [3.63, 3.8) is 0 Å². The molecular weight excluding hydrogens is 330 g/mol. The summed E-state index contributed by atoms with van der Waals surface area (Å²) in [5.74, 6) is -0.282. The highest BCUT2D eigenvalue weighted by Gasteiger charge is 2.26. The van der Waals surface area contributed by atoms with Crippen molar-refractivity contribution in [2.45, 2.75) is 32.2 Å². The summed E-state index contributed by atoms with van der Waals surface area (Å²) in [7, 11) is 0. The quantitative estimate of drug-likeness (QED) is 0.835. The minimum absolute atomic E-state index is 0.00125. The molecule has 0 fully saturated rings. The molecule has 1 atom stereocenters. The average molecular weight is 348 g/mol. The van der Waals surface area contributed by atoms with Crippen LogP contribution in [0.4, 0.5) is 11.5 Å². The topological polar surface area (TPSA) is 75.6 Å². The second-order valence-corrected chi connectivity index (χ2v) is 6.10. The molecule has 0 aliphatic carbocycles. The second-order valence-electron chi connectivity index (χ2n) is 5.71. The van der Waals surface area contributed by atoms with Crippen molar-refractivity contribution < 1.29 is 14.6 Å². The fourth-order valence-electron chi connectivity index (χ4n) is 2.84. The third-order valence-corrected chi connectivity index (χ3v) is 4.17. The van der Waals surface area contributed by atoms with Gasteiger partial charge in [0, 0.05) is 17.8 Å². The van der Waals surface area contributed by atoms with Crippen molar-refractivity contribution in [3.05, 3.63) is 41.0 Å². The van der Waals surface area contributed by atoms with Gasteiger partial charge in [0.15, 0.2) is 0 Å². The number of aliphatic carboxylic acids is 1. The summed E-state index contributed by atoms with van der Waals surface area (Å²) in [5.41, 5.74) is 2.36. The van der Waals surface area contributed by atoms with Crippen molar-refractivity contribution in [1.82, 2.24) is 9.97 Å². The number of halogens is 1. The van der Waals surface area contributed by atoms with Gasteiger partial charge in [0.1, 0.15) is 17.6 Å².